The first-order chi connectivity index (χ1) is 10.8. The van der Waals surface area contributed by atoms with Gasteiger partial charge >= 0.3 is 0 Å². The molecule has 0 aliphatic rings. The van der Waals surface area contributed by atoms with E-state index in [0.29, 0.717) is 16.2 Å². The fraction of sp³-hybridized carbons (Fsp3) is 0. The lowest BCUT2D eigenvalue weighted by Crippen LogP contribution is -2.14. The zero-order valence-electron chi connectivity index (χ0n) is 11.6. The van der Waals surface area contributed by atoms with Gasteiger partial charge in [-0.3, -0.25) is 0 Å². The summed E-state index contributed by atoms with van der Waals surface area (Å²) in [6.07, 6.45) is 1.07. The highest BCUT2D eigenvalue weighted by molar-refractivity contribution is 8.65. The molecule has 0 saturated carbocycles. The Kier molecular flexibility index (Phi) is 3.15. The van der Waals surface area contributed by atoms with Crippen LogP contribution in [-0.4, -0.2) is 17.6 Å². The first-order valence-corrected chi connectivity index (χ1v) is 10.6. The first-order valence-electron chi connectivity index (χ1n) is 6.31. The third kappa shape index (κ3) is 2.96. The summed E-state index contributed by atoms with van der Waals surface area (Å²) in [7, 11) is -8.91. The van der Waals surface area contributed by atoms with Gasteiger partial charge in [0.1, 0.15) is 0 Å². The van der Waals surface area contributed by atoms with Crippen LogP contribution in [0, 0.1) is 0 Å². The van der Waals surface area contributed by atoms with Crippen LogP contribution in [0.3, 0.4) is 0 Å². The maximum Gasteiger partial charge on any atom is 0.283 e. The highest BCUT2D eigenvalue weighted by Crippen LogP contribution is 3.04. The Balaban J connectivity index is 2.29. The van der Waals surface area contributed by atoms with Crippen molar-refractivity contribution in [2.24, 2.45) is 0 Å². The van der Waals surface area contributed by atoms with E-state index in [9.17, 15) is 24.0 Å². The second-order valence-corrected chi connectivity index (χ2v) is 11.0. The molecule has 0 unspecified atom stereocenters. The number of halogens is 5. The normalized spacial score (nSPS) is 15.9. The minimum absolute atomic E-state index is 0.0942. The molecule has 1 aromatic heterocycles. The Hall–Kier alpha value is -1.78. The second kappa shape index (κ2) is 4.44. The van der Waals surface area contributed by atoms with E-state index in [0.717, 1.165) is 12.3 Å². The molecular weight excluding hydrogens is 392 g/mol. The van der Waals surface area contributed by atoms with Crippen molar-refractivity contribution < 1.29 is 24.0 Å². The monoisotopic (exact) mass is 400 g/mol. The van der Waals surface area contributed by atoms with Gasteiger partial charge in [-0.2, -0.15) is 17.6 Å². The molecular formula is C13H9ClF4N2O2S2. The van der Waals surface area contributed by atoms with Gasteiger partial charge < -0.3 is 0 Å². The molecule has 0 radical (unpaired) electrons. The second-order valence-electron chi connectivity index (χ2n) is 5.00. The van der Waals surface area contributed by atoms with E-state index in [2.05, 4.69) is 15.8 Å². The van der Waals surface area contributed by atoms with Crippen LogP contribution < -0.4 is 0 Å². The fourth-order valence-electron chi connectivity index (χ4n) is 2.10. The van der Waals surface area contributed by atoms with Crippen LogP contribution in [0.4, 0.5) is 15.5 Å². The van der Waals surface area contributed by atoms with Gasteiger partial charge in [-0.15, -0.1) is 15.5 Å². The molecule has 0 atom stereocenters. The molecule has 130 valence electrons. The van der Waals surface area contributed by atoms with E-state index in [1.165, 1.54) is 24.3 Å². The molecule has 3 rings (SSSR count). The molecule has 3 aromatic rings. The number of benzene rings is 2. The quantitative estimate of drug-likeness (QED) is 0.568. The highest BCUT2D eigenvalue weighted by atomic mass is 35.7. The number of hydrogen-bond acceptors (Lipinski definition) is 3. The first kappa shape index (κ1) is 17.1. The van der Waals surface area contributed by atoms with Gasteiger partial charge in [-0.25, -0.2) is 0 Å². The van der Waals surface area contributed by atoms with Gasteiger partial charge in [-0.05, 0) is 30.3 Å². The number of fused-ring (bicyclic) bond motifs is 1. The van der Waals surface area contributed by atoms with Crippen LogP contribution in [0.1, 0.15) is 0 Å². The van der Waals surface area contributed by atoms with Crippen molar-refractivity contribution in [3.8, 4) is 0 Å². The number of hydrogen-bond donors (Lipinski definition) is 0. The summed E-state index contributed by atoms with van der Waals surface area (Å²) in [6, 6.07) is 8.74. The number of rotatable bonds is 3. The highest BCUT2D eigenvalue weighted by Gasteiger charge is 2.63. The lowest BCUT2D eigenvalue weighted by molar-refractivity contribution is 0.480. The van der Waals surface area contributed by atoms with E-state index in [-0.39, 0.29) is 10.3 Å². The van der Waals surface area contributed by atoms with Crippen molar-refractivity contribution in [3.63, 3.8) is 0 Å². The lowest BCUT2D eigenvalue weighted by atomic mass is 10.3. The van der Waals surface area contributed by atoms with Gasteiger partial charge in [0.2, 0.25) is 0 Å². The minimum Gasteiger partial charge on any atom is -0.199 e. The Labute approximate surface area is 138 Å². The van der Waals surface area contributed by atoms with E-state index >= 15 is 0 Å². The van der Waals surface area contributed by atoms with E-state index in [1.807, 2.05) is 0 Å². The Morgan fingerprint density at radius 3 is 2.21 bits per heavy atom. The Morgan fingerprint density at radius 2 is 1.62 bits per heavy atom. The summed E-state index contributed by atoms with van der Waals surface area (Å²) in [6.45, 7) is 0. The summed E-state index contributed by atoms with van der Waals surface area (Å²) in [5.41, 5.74) is -0.424. The van der Waals surface area contributed by atoms with Crippen LogP contribution in [0.25, 0.3) is 10.9 Å². The standard InChI is InChI=1S/C13H9ClF4N2O2S2/c14-24(15,16,17,18)12-7-6-10-9-19-20(13(10)8-12)23(21,22)11-4-2-1-3-5-11/h1-9H. The molecule has 0 N–H and O–H groups in total. The van der Waals surface area contributed by atoms with E-state index in [1.54, 1.807) is 6.07 Å². The molecule has 1 heterocycles. The smallest absolute Gasteiger partial charge is 0.199 e. The average molecular weight is 401 g/mol. The molecule has 0 aliphatic heterocycles. The van der Waals surface area contributed by atoms with Crippen molar-refractivity contribution >= 4 is 40.7 Å². The van der Waals surface area contributed by atoms with E-state index < -0.39 is 29.5 Å². The maximum absolute atomic E-state index is 13.4. The molecule has 11 heteroatoms. The molecule has 0 amide bonds. The summed E-state index contributed by atoms with van der Waals surface area (Å²) in [5, 5.41) is 3.72. The fourth-order valence-corrected chi connectivity index (χ4v) is 4.34. The Morgan fingerprint density at radius 1 is 1.00 bits per heavy atom. The van der Waals surface area contributed by atoms with Crippen molar-refractivity contribution in [2.75, 3.05) is 0 Å². The number of aromatic nitrogens is 2. The van der Waals surface area contributed by atoms with Gasteiger partial charge in [0.25, 0.3) is 19.1 Å². The van der Waals surface area contributed by atoms with Gasteiger partial charge in [0, 0.05) is 16.1 Å². The van der Waals surface area contributed by atoms with Gasteiger partial charge in [0.05, 0.1) is 21.5 Å². The van der Waals surface area contributed by atoms with Crippen LogP contribution in [-0.2, 0) is 10.0 Å². The Bertz CT molecular complexity index is 1050. The predicted octanol–water partition coefficient (Wildman–Crippen LogP) is 5.20. The van der Waals surface area contributed by atoms with Crippen molar-refractivity contribution in [1.82, 2.24) is 9.19 Å². The van der Waals surface area contributed by atoms with Crippen molar-refractivity contribution in [1.29, 1.82) is 0 Å². The third-order valence-electron chi connectivity index (χ3n) is 3.22. The summed E-state index contributed by atoms with van der Waals surface area (Å²) < 4.78 is 79.0. The largest absolute Gasteiger partial charge is 0.283 e. The molecule has 24 heavy (non-hydrogen) atoms. The SMILES string of the molecule is O=S(=O)(c1ccccc1)n1ncc2ccc(S(F)(F)(F)(F)Cl)cc21. The van der Waals surface area contributed by atoms with Crippen molar-refractivity contribution in [2.45, 2.75) is 9.79 Å². The van der Waals surface area contributed by atoms with Crippen LogP contribution in [0.2, 0.25) is 0 Å². The van der Waals surface area contributed by atoms with E-state index in [4.69, 9.17) is 0 Å². The topological polar surface area (TPSA) is 52.0 Å². The molecule has 2 aromatic carbocycles. The molecule has 0 spiro atoms. The number of nitrogens with zero attached hydrogens (tertiary/aromatic N) is 2. The summed E-state index contributed by atoms with van der Waals surface area (Å²) in [4.78, 5) is -1.91. The lowest BCUT2D eigenvalue weighted by Gasteiger charge is -2.42. The summed E-state index contributed by atoms with van der Waals surface area (Å²) in [5.74, 6) is 0. The molecule has 0 saturated heterocycles. The summed E-state index contributed by atoms with van der Waals surface area (Å²) >= 11 is 0. The van der Waals surface area contributed by atoms with Crippen LogP contribution in [0.15, 0.2) is 64.5 Å². The van der Waals surface area contributed by atoms with Crippen LogP contribution >= 0.6 is 19.7 Å². The van der Waals surface area contributed by atoms with Gasteiger partial charge in [-0.1, -0.05) is 18.2 Å². The maximum atomic E-state index is 13.4. The van der Waals surface area contributed by atoms with Crippen LogP contribution in [0.5, 0.6) is 0 Å². The van der Waals surface area contributed by atoms with Gasteiger partial charge in [0.15, 0.2) is 0 Å². The molecule has 0 fully saturated rings. The molecule has 0 bridgehead atoms. The zero-order valence-corrected chi connectivity index (χ0v) is 14.0. The minimum atomic E-state index is -8.96. The zero-order chi connectivity index (χ0) is 17.9. The molecule has 0 aliphatic carbocycles. The third-order valence-corrected chi connectivity index (χ3v) is 6.52. The molecule has 4 nitrogen and oxygen atoms in total. The van der Waals surface area contributed by atoms with Crippen molar-refractivity contribution in [3.05, 3.63) is 54.7 Å². The average Bonchev–Trinajstić information content (AvgIpc) is 2.89. The predicted molar refractivity (Wildman–Crippen MR) is 84.9 cm³/mol.